The number of carbonyl (C=O) groups is 2. The van der Waals surface area contributed by atoms with Crippen LogP contribution in [0.15, 0.2) is 48.5 Å². The van der Waals surface area contributed by atoms with Crippen molar-refractivity contribution in [3.63, 3.8) is 0 Å². The summed E-state index contributed by atoms with van der Waals surface area (Å²) in [5.41, 5.74) is 0.616. The van der Waals surface area contributed by atoms with Crippen LogP contribution in [0.1, 0.15) is 144 Å². The molecule has 0 aliphatic rings. The number of hydrogen-bond acceptors (Lipinski definition) is 8. The molecule has 2 aromatic carbocycles. The molecule has 0 spiro atoms. The molecule has 0 saturated heterocycles. The Bertz CT molecular complexity index is 932. The summed E-state index contributed by atoms with van der Waals surface area (Å²) < 4.78 is 11.5. The number of unbranched alkanes of at least 4 members (excludes halogenated alkanes) is 12. The van der Waals surface area contributed by atoms with Gasteiger partial charge in [-0.1, -0.05) is 97.8 Å². The quantitative estimate of drug-likeness (QED) is 0.0448. The third kappa shape index (κ3) is 16.7. The Morgan fingerprint density at radius 3 is 1.27 bits per heavy atom. The molecular weight excluding hydrogens is 560 g/mol. The normalized spacial score (nSPS) is 11.0. The lowest BCUT2D eigenvalue weighted by Crippen LogP contribution is -2.22. The van der Waals surface area contributed by atoms with Gasteiger partial charge in [-0.3, -0.25) is 9.78 Å². The van der Waals surface area contributed by atoms with Gasteiger partial charge in [0.25, 0.3) is 0 Å². The topological polar surface area (TPSA) is 89.5 Å². The van der Waals surface area contributed by atoms with Crippen molar-refractivity contribution in [1.29, 1.82) is 0 Å². The summed E-state index contributed by atoms with van der Waals surface area (Å²) in [6.07, 6.45) is 16.0. The lowest BCUT2D eigenvalue weighted by atomic mass is 10.1. The largest absolute Gasteiger partial charge is 0.494 e. The minimum atomic E-state index is -1.06. The first kappa shape index (κ1) is 37.1. The average molecular weight is 615 g/mol. The molecule has 44 heavy (non-hydrogen) atoms. The van der Waals surface area contributed by atoms with Gasteiger partial charge in [0.1, 0.15) is 11.5 Å². The lowest BCUT2D eigenvalue weighted by Gasteiger charge is -2.15. The Morgan fingerprint density at radius 2 is 0.864 bits per heavy atom. The fourth-order valence-electron chi connectivity index (χ4n) is 4.48. The van der Waals surface area contributed by atoms with Crippen molar-refractivity contribution in [3.8, 4) is 11.5 Å². The highest BCUT2D eigenvalue weighted by Crippen LogP contribution is 2.18. The van der Waals surface area contributed by atoms with Gasteiger partial charge in [0.05, 0.1) is 24.3 Å². The maximum absolute atomic E-state index is 12.6. The molecule has 0 N–H and O–H groups in total. The fraction of sp³-hybridized carbons (Fsp3) is 0.611. The number of benzene rings is 2. The predicted molar refractivity (Wildman–Crippen MR) is 172 cm³/mol. The fourth-order valence-corrected chi connectivity index (χ4v) is 4.48. The SMILES string of the molecule is CCCCCCCCCC(OOC(=O)c1ccc(OCCCCCC)cc1)OOC(=O)c1ccc(OCCCCCC)cc1. The van der Waals surface area contributed by atoms with Gasteiger partial charge in [0, 0.05) is 6.42 Å². The number of carbonyl (C=O) groups excluding carboxylic acids is 2. The van der Waals surface area contributed by atoms with Gasteiger partial charge >= 0.3 is 11.9 Å². The summed E-state index contributed by atoms with van der Waals surface area (Å²) in [7, 11) is 0. The van der Waals surface area contributed by atoms with Crippen molar-refractivity contribution in [1.82, 2.24) is 0 Å². The van der Waals surface area contributed by atoms with Crippen LogP contribution in [0.2, 0.25) is 0 Å². The number of hydrogen-bond donors (Lipinski definition) is 0. The van der Waals surface area contributed by atoms with Gasteiger partial charge < -0.3 is 9.47 Å². The molecule has 0 fully saturated rings. The summed E-state index contributed by atoms with van der Waals surface area (Å²) in [6, 6.07) is 13.4. The van der Waals surface area contributed by atoms with E-state index in [1.165, 1.54) is 51.4 Å². The molecule has 0 amide bonds. The van der Waals surface area contributed by atoms with E-state index in [9.17, 15) is 9.59 Å². The summed E-state index contributed by atoms with van der Waals surface area (Å²) in [5, 5.41) is 0. The Kier molecular flexibility index (Phi) is 20.4. The van der Waals surface area contributed by atoms with E-state index in [-0.39, 0.29) is 0 Å². The second kappa shape index (κ2) is 24.2. The average Bonchev–Trinajstić information content (AvgIpc) is 3.05. The molecule has 8 heteroatoms. The van der Waals surface area contributed by atoms with E-state index >= 15 is 0 Å². The smallest absolute Gasteiger partial charge is 0.373 e. The Morgan fingerprint density at radius 1 is 0.500 bits per heavy atom. The molecule has 0 radical (unpaired) electrons. The standard InChI is InChI=1S/C36H54O8/c1-4-7-10-13-14-15-16-19-34(41-43-35(37)30-20-24-32(25-21-30)39-28-17-11-8-5-2)42-44-36(38)31-22-26-33(27-23-31)40-29-18-12-9-6-3/h20-27,34H,4-19,28-29H2,1-3H3. The summed E-state index contributed by atoms with van der Waals surface area (Å²) in [6.45, 7) is 7.81. The highest BCUT2D eigenvalue weighted by atomic mass is 17.3. The Labute approximate surface area is 264 Å². The van der Waals surface area contributed by atoms with Crippen molar-refractivity contribution in [2.24, 2.45) is 0 Å². The Balaban J connectivity index is 1.84. The molecule has 0 aromatic heterocycles. The number of ether oxygens (including phenoxy) is 2. The Hall–Kier alpha value is -3.10. The molecule has 0 aliphatic heterocycles. The van der Waals surface area contributed by atoms with Crippen molar-refractivity contribution < 1.29 is 38.6 Å². The molecule has 8 nitrogen and oxygen atoms in total. The first-order valence-corrected chi connectivity index (χ1v) is 16.8. The van der Waals surface area contributed by atoms with E-state index in [0.29, 0.717) is 42.3 Å². The van der Waals surface area contributed by atoms with Crippen molar-refractivity contribution >= 4 is 11.9 Å². The van der Waals surface area contributed by atoms with Gasteiger partial charge in [-0.25, -0.2) is 9.59 Å². The second-order valence-corrected chi connectivity index (χ2v) is 11.1. The van der Waals surface area contributed by atoms with E-state index in [1.807, 2.05) is 0 Å². The number of rotatable bonds is 26. The zero-order valence-electron chi connectivity index (χ0n) is 27.2. The van der Waals surface area contributed by atoms with Crippen molar-refractivity contribution in [3.05, 3.63) is 59.7 Å². The van der Waals surface area contributed by atoms with Crippen LogP contribution in [0.5, 0.6) is 11.5 Å². The second-order valence-electron chi connectivity index (χ2n) is 11.1. The van der Waals surface area contributed by atoms with Gasteiger partial charge in [-0.05, 0) is 67.8 Å². The third-order valence-corrected chi connectivity index (χ3v) is 7.22. The zero-order valence-corrected chi connectivity index (χ0v) is 27.2. The third-order valence-electron chi connectivity index (χ3n) is 7.22. The molecule has 0 saturated carbocycles. The summed E-state index contributed by atoms with van der Waals surface area (Å²) in [5.74, 6) is 0.0312. The van der Waals surface area contributed by atoms with Crippen LogP contribution in [0.25, 0.3) is 0 Å². The molecule has 0 heterocycles. The molecule has 0 aliphatic carbocycles. The van der Waals surface area contributed by atoms with Crippen molar-refractivity contribution in [2.45, 2.75) is 130 Å². The van der Waals surface area contributed by atoms with E-state index in [1.54, 1.807) is 48.5 Å². The minimum Gasteiger partial charge on any atom is -0.494 e. The first-order chi connectivity index (χ1) is 21.6. The van der Waals surface area contributed by atoms with Crippen LogP contribution in [-0.2, 0) is 19.6 Å². The minimum absolute atomic E-state index is 0.308. The van der Waals surface area contributed by atoms with Crippen LogP contribution in [-0.4, -0.2) is 31.4 Å². The highest BCUT2D eigenvalue weighted by Gasteiger charge is 2.20. The lowest BCUT2D eigenvalue weighted by molar-refractivity contribution is -0.421. The molecule has 2 rings (SSSR count). The molecule has 0 unspecified atom stereocenters. The highest BCUT2D eigenvalue weighted by molar-refractivity contribution is 5.89. The molecular formula is C36H54O8. The van der Waals surface area contributed by atoms with Crippen LogP contribution < -0.4 is 9.47 Å². The van der Waals surface area contributed by atoms with Gasteiger partial charge in [0.15, 0.2) is 0 Å². The maximum atomic E-state index is 12.6. The molecule has 246 valence electrons. The first-order valence-electron chi connectivity index (χ1n) is 16.8. The summed E-state index contributed by atoms with van der Waals surface area (Å²) in [4.78, 5) is 46.0. The molecule has 2 aromatic rings. The van der Waals surface area contributed by atoms with Crippen molar-refractivity contribution in [2.75, 3.05) is 13.2 Å². The van der Waals surface area contributed by atoms with Crippen LogP contribution in [0.3, 0.4) is 0 Å². The monoisotopic (exact) mass is 614 g/mol. The van der Waals surface area contributed by atoms with E-state index in [4.69, 9.17) is 29.0 Å². The molecule has 0 atom stereocenters. The van der Waals surface area contributed by atoms with E-state index in [0.717, 1.165) is 44.9 Å². The van der Waals surface area contributed by atoms with Crippen LogP contribution in [0, 0.1) is 0 Å². The van der Waals surface area contributed by atoms with Gasteiger partial charge in [-0.15, -0.1) is 9.78 Å². The van der Waals surface area contributed by atoms with Crippen LogP contribution in [0.4, 0.5) is 0 Å². The van der Waals surface area contributed by atoms with E-state index in [2.05, 4.69) is 20.8 Å². The van der Waals surface area contributed by atoms with E-state index < -0.39 is 18.2 Å². The maximum Gasteiger partial charge on any atom is 0.373 e. The van der Waals surface area contributed by atoms with Gasteiger partial charge in [-0.2, -0.15) is 0 Å². The summed E-state index contributed by atoms with van der Waals surface area (Å²) >= 11 is 0. The molecule has 0 bridgehead atoms. The zero-order chi connectivity index (χ0) is 31.7. The predicted octanol–water partition coefficient (Wildman–Crippen LogP) is 9.95. The van der Waals surface area contributed by atoms with Crippen LogP contribution >= 0.6 is 0 Å². The van der Waals surface area contributed by atoms with Gasteiger partial charge in [0.2, 0.25) is 6.29 Å².